The zero-order chi connectivity index (χ0) is 13.1. The Kier molecular flexibility index (Phi) is 4.40. The van der Waals surface area contributed by atoms with Crippen molar-refractivity contribution in [3.63, 3.8) is 0 Å². The van der Waals surface area contributed by atoms with Gasteiger partial charge in [-0.2, -0.15) is 13.2 Å². The molecule has 1 rings (SSSR count). The molecule has 1 aromatic carbocycles. The van der Waals surface area contributed by atoms with Crippen LogP contribution in [-0.2, 0) is 0 Å². The lowest BCUT2D eigenvalue weighted by atomic mass is 10.1. The summed E-state index contributed by atoms with van der Waals surface area (Å²) in [5.41, 5.74) is 6.99. The molecular formula is C12H17F3N2. The van der Waals surface area contributed by atoms with Gasteiger partial charge in [0.15, 0.2) is 0 Å². The van der Waals surface area contributed by atoms with Crippen LogP contribution >= 0.6 is 0 Å². The molecule has 96 valence electrons. The number of hydrogen-bond acceptors (Lipinski definition) is 2. The van der Waals surface area contributed by atoms with Crippen LogP contribution in [0.2, 0.25) is 0 Å². The molecule has 0 saturated heterocycles. The fourth-order valence-electron chi connectivity index (χ4n) is 1.78. The molecule has 1 aromatic rings. The zero-order valence-electron chi connectivity index (χ0n) is 9.96. The van der Waals surface area contributed by atoms with E-state index in [1.807, 2.05) is 0 Å². The number of hydrogen-bond donors (Lipinski definition) is 1. The molecule has 0 bridgehead atoms. The molecule has 0 spiro atoms. The van der Waals surface area contributed by atoms with E-state index in [1.165, 1.54) is 4.90 Å². The molecule has 2 N–H and O–H groups in total. The van der Waals surface area contributed by atoms with Crippen LogP contribution in [0.1, 0.15) is 25.5 Å². The molecule has 0 aliphatic carbocycles. The number of nitrogens with two attached hydrogens (primary N) is 1. The van der Waals surface area contributed by atoms with Crippen molar-refractivity contribution in [1.29, 1.82) is 0 Å². The standard InChI is InChI=1S/C12H17F3N2/c1-3-17(8-12(13,14)15)9(2)10-5-4-6-11(16)7-10/h4-7,9H,3,8,16H2,1-2H3. The number of nitrogen functional groups attached to an aromatic ring is 1. The van der Waals surface area contributed by atoms with E-state index in [0.29, 0.717) is 12.2 Å². The Bertz CT molecular complexity index is 363. The first-order chi connectivity index (χ1) is 7.83. The van der Waals surface area contributed by atoms with Gasteiger partial charge in [0.1, 0.15) is 0 Å². The van der Waals surface area contributed by atoms with E-state index in [1.54, 1.807) is 38.1 Å². The molecule has 0 heterocycles. The van der Waals surface area contributed by atoms with Crippen molar-refractivity contribution in [3.05, 3.63) is 29.8 Å². The van der Waals surface area contributed by atoms with E-state index >= 15 is 0 Å². The molecule has 0 aliphatic rings. The predicted molar refractivity (Wildman–Crippen MR) is 62.6 cm³/mol. The molecule has 0 radical (unpaired) electrons. The highest BCUT2D eigenvalue weighted by Crippen LogP contribution is 2.26. The van der Waals surface area contributed by atoms with E-state index < -0.39 is 12.7 Å². The van der Waals surface area contributed by atoms with Gasteiger partial charge in [-0.1, -0.05) is 19.1 Å². The van der Waals surface area contributed by atoms with Gasteiger partial charge in [-0.15, -0.1) is 0 Å². The average molecular weight is 246 g/mol. The van der Waals surface area contributed by atoms with Crippen molar-refractivity contribution in [3.8, 4) is 0 Å². The number of alkyl halides is 3. The van der Waals surface area contributed by atoms with Crippen molar-refractivity contribution in [2.24, 2.45) is 0 Å². The summed E-state index contributed by atoms with van der Waals surface area (Å²) in [5.74, 6) is 0. The fourth-order valence-corrected chi connectivity index (χ4v) is 1.78. The lowest BCUT2D eigenvalue weighted by molar-refractivity contribution is -0.150. The summed E-state index contributed by atoms with van der Waals surface area (Å²) >= 11 is 0. The second kappa shape index (κ2) is 5.40. The Labute approximate surface area is 99.2 Å². The van der Waals surface area contributed by atoms with Gasteiger partial charge in [0.25, 0.3) is 0 Å². The second-order valence-electron chi connectivity index (χ2n) is 4.02. The highest BCUT2D eigenvalue weighted by Gasteiger charge is 2.32. The molecule has 2 nitrogen and oxygen atoms in total. The largest absolute Gasteiger partial charge is 0.401 e. The van der Waals surface area contributed by atoms with Crippen molar-refractivity contribution in [1.82, 2.24) is 4.90 Å². The van der Waals surface area contributed by atoms with Crippen LogP contribution in [0.4, 0.5) is 18.9 Å². The lowest BCUT2D eigenvalue weighted by Crippen LogP contribution is -2.36. The van der Waals surface area contributed by atoms with Gasteiger partial charge in [-0.3, -0.25) is 4.90 Å². The minimum Gasteiger partial charge on any atom is -0.399 e. The molecule has 0 amide bonds. The molecule has 0 fully saturated rings. The maximum atomic E-state index is 12.4. The number of halogens is 3. The van der Waals surface area contributed by atoms with Gasteiger partial charge >= 0.3 is 6.18 Å². The first kappa shape index (κ1) is 13.8. The maximum Gasteiger partial charge on any atom is 0.401 e. The summed E-state index contributed by atoms with van der Waals surface area (Å²) in [7, 11) is 0. The number of benzene rings is 1. The molecular weight excluding hydrogens is 229 g/mol. The van der Waals surface area contributed by atoms with E-state index in [2.05, 4.69) is 0 Å². The molecule has 5 heteroatoms. The van der Waals surface area contributed by atoms with E-state index in [0.717, 1.165) is 5.56 Å². The molecule has 17 heavy (non-hydrogen) atoms. The topological polar surface area (TPSA) is 29.3 Å². The first-order valence-electron chi connectivity index (χ1n) is 5.49. The third-order valence-electron chi connectivity index (χ3n) is 2.73. The van der Waals surface area contributed by atoms with Gasteiger partial charge in [0, 0.05) is 11.7 Å². The summed E-state index contributed by atoms with van der Waals surface area (Å²) in [6, 6.07) is 6.67. The van der Waals surface area contributed by atoms with Crippen LogP contribution in [0.25, 0.3) is 0 Å². The van der Waals surface area contributed by atoms with Crippen LogP contribution in [0.3, 0.4) is 0 Å². The number of rotatable bonds is 4. The zero-order valence-corrected chi connectivity index (χ0v) is 9.96. The van der Waals surface area contributed by atoms with Crippen LogP contribution in [0.5, 0.6) is 0 Å². The molecule has 1 atom stereocenters. The Hall–Kier alpha value is -1.23. The van der Waals surface area contributed by atoms with E-state index in [4.69, 9.17) is 5.73 Å². The van der Waals surface area contributed by atoms with Crippen LogP contribution in [-0.4, -0.2) is 24.2 Å². The highest BCUT2D eigenvalue weighted by molar-refractivity contribution is 5.41. The Balaban J connectivity index is 2.82. The van der Waals surface area contributed by atoms with Crippen LogP contribution < -0.4 is 5.73 Å². The van der Waals surface area contributed by atoms with Crippen molar-refractivity contribution >= 4 is 5.69 Å². The third-order valence-corrected chi connectivity index (χ3v) is 2.73. The minimum absolute atomic E-state index is 0.301. The number of nitrogens with zero attached hydrogens (tertiary/aromatic N) is 1. The normalized spacial score (nSPS) is 14.0. The SMILES string of the molecule is CCN(CC(F)(F)F)C(C)c1cccc(N)c1. The van der Waals surface area contributed by atoms with Crippen molar-refractivity contribution in [2.45, 2.75) is 26.1 Å². The number of anilines is 1. The van der Waals surface area contributed by atoms with Gasteiger partial charge in [-0.25, -0.2) is 0 Å². The summed E-state index contributed by atoms with van der Waals surface area (Å²) in [4.78, 5) is 1.37. The lowest BCUT2D eigenvalue weighted by Gasteiger charge is -2.29. The van der Waals surface area contributed by atoms with Crippen LogP contribution in [0, 0.1) is 0 Å². The highest BCUT2D eigenvalue weighted by atomic mass is 19.4. The van der Waals surface area contributed by atoms with Gasteiger partial charge in [0.05, 0.1) is 6.54 Å². The minimum atomic E-state index is -4.18. The summed E-state index contributed by atoms with van der Waals surface area (Å²) in [6.45, 7) is 2.91. The quantitative estimate of drug-likeness (QED) is 0.826. The fraction of sp³-hybridized carbons (Fsp3) is 0.500. The molecule has 1 unspecified atom stereocenters. The van der Waals surface area contributed by atoms with Crippen LogP contribution in [0.15, 0.2) is 24.3 Å². The Morgan fingerprint density at radius 1 is 1.35 bits per heavy atom. The maximum absolute atomic E-state index is 12.4. The smallest absolute Gasteiger partial charge is 0.399 e. The average Bonchev–Trinajstić information content (AvgIpc) is 2.23. The second-order valence-corrected chi connectivity index (χ2v) is 4.02. The monoisotopic (exact) mass is 246 g/mol. The summed E-state index contributed by atoms with van der Waals surface area (Å²) in [5, 5.41) is 0. The van der Waals surface area contributed by atoms with E-state index in [9.17, 15) is 13.2 Å². The summed E-state index contributed by atoms with van der Waals surface area (Å²) in [6.07, 6.45) is -4.18. The van der Waals surface area contributed by atoms with Gasteiger partial charge in [-0.05, 0) is 31.2 Å². The predicted octanol–water partition coefficient (Wildman–Crippen LogP) is 3.21. The van der Waals surface area contributed by atoms with Gasteiger partial charge in [0.2, 0.25) is 0 Å². The molecule has 0 aliphatic heterocycles. The van der Waals surface area contributed by atoms with Crippen molar-refractivity contribution < 1.29 is 13.2 Å². The van der Waals surface area contributed by atoms with Gasteiger partial charge < -0.3 is 5.73 Å². The van der Waals surface area contributed by atoms with Crippen molar-refractivity contribution in [2.75, 3.05) is 18.8 Å². The first-order valence-corrected chi connectivity index (χ1v) is 5.49. The molecule has 0 aromatic heterocycles. The van der Waals surface area contributed by atoms with E-state index in [-0.39, 0.29) is 6.04 Å². The molecule has 0 saturated carbocycles. The Morgan fingerprint density at radius 2 is 2.00 bits per heavy atom. The summed E-state index contributed by atoms with van der Waals surface area (Å²) < 4.78 is 37.1. The third kappa shape index (κ3) is 4.26. The Morgan fingerprint density at radius 3 is 2.47 bits per heavy atom.